The highest BCUT2D eigenvalue weighted by Gasteiger charge is 2.01. The van der Waals surface area contributed by atoms with Crippen LogP contribution in [0.4, 0.5) is 5.69 Å². The van der Waals surface area contributed by atoms with Gasteiger partial charge in [-0.3, -0.25) is 0 Å². The average molecular weight is 257 g/mol. The fraction of sp³-hybridized carbons (Fsp3) is 0.250. The third-order valence-corrected chi connectivity index (χ3v) is 2.94. The molecule has 100 valence electrons. The number of hydrogen-bond acceptors (Lipinski definition) is 3. The highest BCUT2D eigenvalue weighted by atomic mass is 16.5. The summed E-state index contributed by atoms with van der Waals surface area (Å²) in [5, 5.41) is 3.38. The van der Waals surface area contributed by atoms with E-state index in [0.29, 0.717) is 0 Å². The summed E-state index contributed by atoms with van der Waals surface area (Å²) in [6, 6.07) is 16.2. The summed E-state index contributed by atoms with van der Waals surface area (Å²) in [4.78, 5) is 0. The first-order chi connectivity index (χ1) is 9.31. The Morgan fingerprint density at radius 3 is 2.11 bits per heavy atom. The largest absolute Gasteiger partial charge is 0.497 e. The van der Waals surface area contributed by atoms with Crippen molar-refractivity contribution in [3.05, 3.63) is 54.1 Å². The zero-order valence-electron chi connectivity index (χ0n) is 11.3. The van der Waals surface area contributed by atoms with Crippen molar-refractivity contribution in [2.45, 2.75) is 6.42 Å². The lowest BCUT2D eigenvalue weighted by Gasteiger charge is -2.10. The normalized spacial score (nSPS) is 10.0. The lowest BCUT2D eigenvalue weighted by molar-refractivity contribution is 0.394. The maximum atomic E-state index is 5.24. The second-order valence-corrected chi connectivity index (χ2v) is 4.26. The summed E-state index contributed by atoms with van der Waals surface area (Å²) >= 11 is 0. The van der Waals surface area contributed by atoms with Gasteiger partial charge in [0.2, 0.25) is 0 Å². The van der Waals surface area contributed by atoms with E-state index in [2.05, 4.69) is 29.6 Å². The van der Waals surface area contributed by atoms with E-state index in [1.165, 1.54) is 5.56 Å². The average Bonchev–Trinajstić information content (AvgIpc) is 2.48. The highest BCUT2D eigenvalue weighted by Crippen LogP contribution is 2.25. The molecule has 0 aromatic heterocycles. The van der Waals surface area contributed by atoms with Gasteiger partial charge >= 0.3 is 0 Å². The molecule has 3 nitrogen and oxygen atoms in total. The van der Waals surface area contributed by atoms with E-state index in [9.17, 15) is 0 Å². The minimum Gasteiger partial charge on any atom is -0.497 e. The molecule has 2 aromatic carbocycles. The van der Waals surface area contributed by atoms with Crippen LogP contribution in [0.15, 0.2) is 48.5 Å². The van der Waals surface area contributed by atoms with Gasteiger partial charge in [-0.25, -0.2) is 0 Å². The molecule has 2 aromatic rings. The topological polar surface area (TPSA) is 30.5 Å². The molecule has 19 heavy (non-hydrogen) atoms. The molecule has 0 fully saturated rings. The molecule has 0 atom stereocenters. The summed E-state index contributed by atoms with van der Waals surface area (Å²) in [6.45, 7) is 0.875. The summed E-state index contributed by atoms with van der Waals surface area (Å²) in [6.07, 6.45) is 0.986. The van der Waals surface area contributed by atoms with Gasteiger partial charge in [0.25, 0.3) is 0 Å². The Labute approximate surface area is 114 Å². The standard InChI is InChI=1S/C16H19NO2/c1-18-15-10-14(11-16(12-15)19-2)17-9-8-13-6-4-3-5-7-13/h3-7,10-12,17H,8-9H2,1-2H3. The van der Waals surface area contributed by atoms with E-state index in [4.69, 9.17) is 9.47 Å². The van der Waals surface area contributed by atoms with E-state index in [1.54, 1.807) is 14.2 Å². The quantitative estimate of drug-likeness (QED) is 0.860. The molecule has 1 N–H and O–H groups in total. The molecule has 0 aliphatic heterocycles. The van der Waals surface area contributed by atoms with Crippen molar-refractivity contribution in [3.8, 4) is 11.5 Å². The van der Waals surface area contributed by atoms with Crippen LogP contribution in [0.25, 0.3) is 0 Å². The van der Waals surface area contributed by atoms with E-state index in [-0.39, 0.29) is 0 Å². The number of anilines is 1. The van der Waals surface area contributed by atoms with Crippen LogP contribution in [0.5, 0.6) is 11.5 Å². The van der Waals surface area contributed by atoms with Crippen molar-refractivity contribution in [2.75, 3.05) is 26.1 Å². The van der Waals surface area contributed by atoms with Crippen LogP contribution in [0.2, 0.25) is 0 Å². The van der Waals surface area contributed by atoms with Crippen molar-refractivity contribution < 1.29 is 9.47 Å². The van der Waals surface area contributed by atoms with Crippen LogP contribution in [0, 0.1) is 0 Å². The van der Waals surface area contributed by atoms with Gasteiger partial charge in [-0.2, -0.15) is 0 Å². The molecule has 0 bridgehead atoms. The summed E-state index contributed by atoms with van der Waals surface area (Å²) < 4.78 is 10.5. The number of nitrogens with one attached hydrogen (secondary N) is 1. The minimum atomic E-state index is 0.793. The van der Waals surface area contributed by atoms with E-state index < -0.39 is 0 Å². The lowest BCUT2D eigenvalue weighted by atomic mass is 10.1. The van der Waals surface area contributed by atoms with E-state index in [0.717, 1.165) is 30.2 Å². The SMILES string of the molecule is COc1cc(NCCc2ccccc2)cc(OC)c1. The van der Waals surface area contributed by atoms with Crippen molar-refractivity contribution in [2.24, 2.45) is 0 Å². The number of ether oxygens (including phenoxy) is 2. The molecule has 0 spiro atoms. The maximum Gasteiger partial charge on any atom is 0.124 e. The predicted octanol–water partition coefficient (Wildman–Crippen LogP) is 3.36. The Hall–Kier alpha value is -2.16. The molecule has 0 heterocycles. The third kappa shape index (κ3) is 3.91. The molecule has 0 aliphatic carbocycles. The summed E-state index contributed by atoms with van der Waals surface area (Å²) in [7, 11) is 3.31. The second kappa shape index (κ2) is 6.69. The molecule has 2 rings (SSSR count). The first-order valence-corrected chi connectivity index (χ1v) is 6.32. The molecule has 0 saturated heterocycles. The zero-order valence-corrected chi connectivity index (χ0v) is 11.3. The highest BCUT2D eigenvalue weighted by molar-refractivity contribution is 5.53. The minimum absolute atomic E-state index is 0.793. The van der Waals surface area contributed by atoms with Gasteiger partial charge < -0.3 is 14.8 Å². The fourth-order valence-corrected chi connectivity index (χ4v) is 1.91. The molecule has 0 unspecified atom stereocenters. The number of methoxy groups -OCH3 is 2. The first kappa shape index (κ1) is 13.3. The Bertz CT molecular complexity index is 489. The molecule has 0 radical (unpaired) electrons. The monoisotopic (exact) mass is 257 g/mol. The van der Waals surface area contributed by atoms with Gasteiger partial charge in [-0.05, 0) is 12.0 Å². The van der Waals surface area contributed by atoms with Crippen LogP contribution in [0.3, 0.4) is 0 Å². The summed E-state index contributed by atoms with van der Waals surface area (Å²) in [5.74, 6) is 1.59. The lowest BCUT2D eigenvalue weighted by Crippen LogP contribution is -2.05. The number of rotatable bonds is 6. The van der Waals surface area contributed by atoms with Gasteiger partial charge in [0.15, 0.2) is 0 Å². The van der Waals surface area contributed by atoms with Crippen LogP contribution >= 0.6 is 0 Å². The zero-order chi connectivity index (χ0) is 13.5. The van der Waals surface area contributed by atoms with Crippen molar-refractivity contribution in [1.82, 2.24) is 0 Å². The van der Waals surface area contributed by atoms with Gasteiger partial charge in [-0.15, -0.1) is 0 Å². The van der Waals surface area contributed by atoms with E-state index in [1.807, 2.05) is 24.3 Å². The molecule has 0 aliphatic rings. The second-order valence-electron chi connectivity index (χ2n) is 4.26. The van der Waals surface area contributed by atoms with Crippen LogP contribution < -0.4 is 14.8 Å². The molecule has 0 amide bonds. The van der Waals surface area contributed by atoms with Crippen LogP contribution in [-0.4, -0.2) is 20.8 Å². The first-order valence-electron chi connectivity index (χ1n) is 6.32. The van der Waals surface area contributed by atoms with Gasteiger partial charge in [0, 0.05) is 30.4 Å². The number of hydrogen-bond donors (Lipinski definition) is 1. The van der Waals surface area contributed by atoms with Crippen LogP contribution in [0.1, 0.15) is 5.56 Å². The Morgan fingerprint density at radius 2 is 1.53 bits per heavy atom. The van der Waals surface area contributed by atoms with Gasteiger partial charge in [-0.1, -0.05) is 30.3 Å². The van der Waals surface area contributed by atoms with Crippen molar-refractivity contribution >= 4 is 5.69 Å². The fourth-order valence-electron chi connectivity index (χ4n) is 1.91. The molecular formula is C16H19NO2. The Kier molecular flexibility index (Phi) is 4.67. The predicted molar refractivity (Wildman–Crippen MR) is 78.2 cm³/mol. The van der Waals surface area contributed by atoms with Gasteiger partial charge in [0.05, 0.1) is 14.2 Å². The number of benzene rings is 2. The maximum absolute atomic E-state index is 5.24. The van der Waals surface area contributed by atoms with Crippen molar-refractivity contribution in [3.63, 3.8) is 0 Å². The molecule has 3 heteroatoms. The molecular weight excluding hydrogens is 238 g/mol. The van der Waals surface area contributed by atoms with Gasteiger partial charge in [0.1, 0.15) is 11.5 Å². The van der Waals surface area contributed by atoms with Crippen molar-refractivity contribution in [1.29, 1.82) is 0 Å². The smallest absolute Gasteiger partial charge is 0.124 e. The molecule has 0 saturated carbocycles. The Balaban J connectivity index is 1.95. The third-order valence-electron chi connectivity index (χ3n) is 2.94. The van der Waals surface area contributed by atoms with E-state index >= 15 is 0 Å². The Morgan fingerprint density at radius 1 is 0.895 bits per heavy atom. The summed E-state index contributed by atoms with van der Waals surface area (Å²) in [5.41, 5.74) is 2.33. The van der Waals surface area contributed by atoms with Crippen LogP contribution in [-0.2, 0) is 6.42 Å².